The maximum atomic E-state index is 11.1. The van der Waals surface area contributed by atoms with Crippen LogP contribution in [0.4, 0.5) is 22.2 Å². The maximum Gasteiger partial charge on any atom is 0.269 e. The number of non-ortho nitro benzene ring substituents is 1. The third-order valence-corrected chi connectivity index (χ3v) is 4.07. The van der Waals surface area contributed by atoms with E-state index < -0.39 is 4.92 Å². The minimum absolute atomic E-state index is 0.0483. The number of aromatic nitrogens is 1. The van der Waals surface area contributed by atoms with E-state index in [0.717, 1.165) is 16.9 Å². The molecule has 25 heavy (non-hydrogen) atoms. The first-order chi connectivity index (χ1) is 12.0. The van der Waals surface area contributed by atoms with E-state index in [1.165, 1.54) is 30.4 Å². The number of carbonyl (C=O) groups excluding carboxylic acids is 1. The van der Waals surface area contributed by atoms with Gasteiger partial charge < -0.3 is 10.6 Å². The standard InChI is InChI=1S/C17H14N4O3S/c1-11(22)18-13-3-2-4-14(9-13)19-17-20-16(10-25-17)12-5-7-15(8-6-12)21(23)24/h2-10H,1H3,(H,18,22)(H,19,20). The predicted octanol–water partition coefficient (Wildman–Crippen LogP) is 4.42. The Balaban J connectivity index is 1.75. The number of nitro benzene ring substituents is 1. The number of nitrogens with zero attached hydrogens (tertiary/aromatic N) is 2. The first-order valence-corrected chi connectivity index (χ1v) is 8.24. The van der Waals surface area contributed by atoms with Gasteiger partial charge in [0.05, 0.1) is 10.6 Å². The van der Waals surface area contributed by atoms with E-state index in [-0.39, 0.29) is 11.6 Å². The van der Waals surface area contributed by atoms with Crippen molar-refractivity contribution >= 4 is 39.4 Å². The van der Waals surface area contributed by atoms with Crippen LogP contribution in [0.5, 0.6) is 0 Å². The molecule has 0 radical (unpaired) electrons. The number of rotatable bonds is 5. The molecule has 126 valence electrons. The number of nitrogens with one attached hydrogen (secondary N) is 2. The normalized spacial score (nSPS) is 10.3. The topological polar surface area (TPSA) is 97.2 Å². The number of hydrogen-bond acceptors (Lipinski definition) is 6. The Bertz CT molecular complexity index is 922. The van der Waals surface area contributed by atoms with E-state index in [0.29, 0.717) is 10.8 Å². The van der Waals surface area contributed by atoms with Crippen LogP contribution in [0.1, 0.15) is 6.92 Å². The number of nitro groups is 1. The average molecular weight is 354 g/mol. The molecule has 0 bridgehead atoms. The molecule has 1 amide bonds. The van der Waals surface area contributed by atoms with E-state index in [4.69, 9.17) is 0 Å². The highest BCUT2D eigenvalue weighted by molar-refractivity contribution is 7.14. The molecule has 3 rings (SSSR count). The summed E-state index contributed by atoms with van der Waals surface area (Å²) < 4.78 is 0. The first-order valence-electron chi connectivity index (χ1n) is 7.36. The van der Waals surface area contributed by atoms with Gasteiger partial charge in [-0.05, 0) is 30.3 Å². The average Bonchev–Trinajstić information content (AvgIpc) is 3.03. The number of anilines is 3. The molecule has 1 heterocycles. The summed E-state index contributed by atoms with van der Waals surface area (Å²) in [7, 11) is 0. The Labute approximate surface area is 147 Å². The second kappa shape index (κ2) is 7.10. The van der Waals surface area contributed by atoms with Crippen LogP contribution >= 0.6 is 11.3 Å². The van der Waals surface area contributed by atoms with Gasteiger partial charge in [0, 0.05) is 41.4 Å². The fourth-order valence-corrected chi connectivity index (χ4v) is 2.96. The van der Waals surface area contributed by atoms with Crippen LogP contribution in [0.15, 0.2) is 53.9 Å². The molecule has 7 nitrogen and oxygen atoms in total. The highest BCUT2D eigenvalue weighted by Gasteiger charge is 2.08. The highest BCUT2D eigenvalue weighted by Crippen LogP contribution is 2.28. The van der Waals surface area contributed by atoms with Gasteiger partial charge in [0.25, 0.3) is 5.69 Å². The van der Waals surface area contributed by atoms with Crippen LogP contribution < -0.4 is 10.6 Å². The van der Waals surface area contributed by atoms with Crippen molar-refractivity contribution in [1.29, 1.82) is 0 Å². The van der Waals surface area contributed by atoms with E-state index in [2.05, 4.69) is 15.6 Å². The number of carbonyl (C=O) groups is 1. The van der Waals surface area contributed by atoms with Crippen molar-refractivity contribution in [2.45, 2.75) is 6.92 Å². The van der Waals surface area contributed by atoms with Crippen LogP contribution in [-0.2, 0) is 4.79 Å². The molecular formula is C17H14N4O3S. The van der Waals surface area contributed by atoms with Crippen LogP contribution in [0.25, 0.3) is 11.3 Å². The molecule has 8 heteroatoms. The number of amides is 1. The lowest BCUT2D eigenvalue weighted by Gasteiger charge is -2.06. The molecule has 2 aromatic carbocycles. The zero-order valence-electron chi connectivity index (χ0n) is 13.2. The number of benzene rings is 2. The Hall–Kier alpha value is -3.26. The van der Waals surface area contributed by atoms with Crippen molar-refractivity contribution in [1.82, 2.24) is 4.98 Å². The summed E-state index contributed by atoms with van der Waals surface area (Å²) in [5.41, 5.74) is 3.09. The molecule has 0 aliphatic rings. The Morgan fingerprint density at radius 2 is 1.88 bits per heavy atom. The summed E-state index contributed by atoms with van der Waals surface area (Å²) in [5, 5.41) is 19.2. The van der Waals surface area contributed by atoms with Gasteiger partial charge in [0.1, 0.15) is 0 Å². The lowest BCUT2D eigenvalue weighted by Crippen LogP contribution is -2.05. The Morgan fingerprint density at radius 1 is 1.16 bits per heavy atom. The molecule has 0 fully saturated rings. The van der Waals surface area contributed by atoms with Gasteiger partial charge in [0.15, 0.2) is 5.13 Å². The summed E-state index contributed by atoms with van der Waals surface area (Å²) in [6.45, 7) is 1.46. The molecule has 0 aliphatic heterocycles. The summed E-state index contributed by atoms with van der Waals surface area (Å²) in [6.07, 6.45) is 0. The van der Waals surface area contributed by atoms with Crippen LogP contribution in [-0.4, -0.2) is 15.8 Å². The maximum absolute atomic E-state index is 11.1. The first kappa shape index (κ1) is 16.6. The molecule has 0 spiro atoms. The van der Waals surface area contributed by atoms with Gasteiger partial charge in [-0.2, -0.15) is 0 Å². The summed E-state index contributed by atoms with van der Waals surface area (Å²) in [6, 6.07) is 13.6. The molecule has 0 unspecified atom stereocenters. The molecule has 0 saturated carbocycles. The van der Waals surface area contributed by atoms with Gasteiger partial charge in [0.2, 0.25) is 5.91 Å². The number of hydrogen-bond donors (Lipinski definition) is 2. The van der Waals surface area contributed by atoms with Crippen molar-refractivity contribution in [2.75, 3.05) is 10.6 Å². The smallest absolute Gasteiger partial charge is 0.269 e. The van der Waals surface area contributed by atoms with E-state index in [9.17, 15) is 14.9 Å². The molecule has 0 atom stereocenters. The second-order valence-electron chi connectivity index (χ2n) is 5.23. The van der Waals surface area contributed by atoms with E-state index in [1.807, 2.05) is 23.6 Å². The lowest BCUT2D eigenvalue weighted by atomic mass is 10.1. The molecule has 0 aliphatic carbocycles. The van der Waals surface area contributed by atoms with Gasteiger partial charge >= 0.3 is 0 Å². The van der Waals surface area contributed by atoms with Crippen molar-refractivity contribution < 1.29 is 9.72 Å². The number of thiazole rings is 1. The van der Waals surface area contributed by atoms with Crippen molar-refractivity contribution in [3.63, 3.8) is 0 Å². The van der Waals surface area contributed by atoms with Crippen molar-refractivity contribution in [3.8, 4) is 11.3 Å². The summed E-state index contributed by atoms with van der Waals surface area (Å²) in [5.74, 6) is -0.133. The zero-order valence-corrected chi connectivity index (χ0v) is 14.0. The summed E-state index contributed by atoms with van der Waals surface area (Å²) in [4.78, 5) is 25.9. The highest BCUT2D eigenvalue weighted by atomic mass is 32.1. The fraction of sp³-hybridized carbons (Fsp3) is 0.0588. The van der Waals surface area contributed by atoms with Crippen LogP contribution in [0, 0.1) is 10.1 Å². The van der Waals surface area contributed by atoms with Crippen molar-refractivity contribution in [3.05, 3.63) is 64.0 Å². The molecule has 1 aromatic heterocycles. The van der Waals surface area contributed by atoms with Crippen LogP contribution in [0.3, 0.4) is 0 Å². The summed E-state index contributed by atoms with van der Waals surface area (Å²) >= 11 is 1.43. The second-order valence-corrected chi connectivity index (χ2v) is 6.09. The van der Waals surface area contributed by atoms with E-state index >= 15 is 0 Å². The van der Waals surface area contributed by atoms with Gasteiger partial charge in [-0.3, -0.25) is 14.9 Å². The third-order valence-electron chi connectivity index (χ3n) is 3.31. The lowest BCUT2D eigenvalue weighted by molar-refractivity contribution is -0.384. The van der Waals surface area contributed by atoms with Crippen LogP contribution in [0.2, 0.25) is 0 Å². The fourth-order valence-electron chi connectivity index (χ4n) is 2.22. The van der Waals surface area contributed by atoms with Gasteiger partial charge in [-0.1, -0.05) is 6.07 Å². The predicted molar refractivity (Wildman–Crippen MR) is 98.2 cm³/mol. The SMILES string of the molecule is CC(=O)Nc1cccc(Nc2nc(-c3ccc([N+](=O)[O-])cc3)cs2)c1. The molecule has 0 saturated heterocycles. The molecule has 2 N–H and O–H groups in total. The van der Waals surface area contributed by atoms with E-state index in [1.54, 1.807) is 18.2 Å². The Kier molecular flexibility index (Phi) is 4.71. The zero-order chi connectivity index (χ0) is 17.8. The van der Waals surface area contributed by atoms with Gasteiger partial charge in [-0.25, -0.2) is 4.98 Å². The third kappa shape index (κ3) is 4.18. The minimum Gasteiger partial charge on any atom is -0.331 e. The molecule has 3 aromatic rings. The van der Waals surface area contributed by atoms with Crippen molar-refractivity contribution in [2.24, 2.45) is 0 Å². The quantitative estimate of drug-likeness (QED) is 0.522. The Morgan fingerprint density at radius 3 is 2.56 bits per heavy atom. The monoisotopic (exact) mass is 354 g/mol. The van der Waals surface area contributed by atoms with Gasteiger partial charge in [-0.15, -0.1) is 11.3 Å². The minimum atomic E-state index is -0.431. The molecular weight excluding hydrogens is 340 g/mol. The largest absolute Gasteiger partial charge is 0.331 e.